The van der Waals surface area contributed by atoms with Crippen LogP contribution in [0.4, 0.5) is 5.13 Å². The third kappa shape index (κ3) is 3.29. The molecule has 0 bridgehead atoms. The Morgan fingerprint density at radius 3 is 2.63 bits per heavy atom. The van der Waals surface area contributed by atoms with E-state index < -0.39 is 0 Å². The summed E-state index contributed by atoms with van der Waals surface area (Å²) in [6, 6.07) is 0.783. The average molecular weight is 279 g/mol. The van der Waals surface area contributed by atoms with Crippen LogP contribution in [0, 0.1) is 12.8 Å². The normalized spacial score (nSPS) is 21.1. The molecule has 1 saturated heterocycles. The number of aromatic nitrogens is 1. The Morgan fingerprint density at radius 2 is 2.00 bits per heavy atom. The number of thiazole rings is 1. The highest BCUT2D eigenvalue weighted by molar-refractivity contribution is 7.15. The Kier molecular flexibility index (Phi) is 4.08. The number of nitrogens with zero attached hydrogens (tertiary/aromatic N) is 2. The number of anilines is 1. The van der Waals surface area contributed by atoms with Crippen molar-refractivity contribution >= 4 is 16.5 Å². The zero-order valence-corrected chi connectivity index (χ0v) is 12.9. The van der Waals surface area contributed by atoms with Gasteiger partial charge in [0, 0.05) is 30.6 Å². The summed E-state index contributed by atoms with van der Waals surface area (Å²) >= 11 is 1.90. The van der Waals surface area contributed by atoms with Gasteiger partial charge >= 0.3 is 0 Å². The van der Waals surface area contributed by atoms with E-state index >= 15 is 0 Å². The van der Waals surface area contributed by atoms with E-state index in [0.717, 1.165) is 18.5 Å². The first kappa shape index (κ1) is 13.4. The molecule has 1 aliphatic heterocycles. The minimum Gasteiger partial charge on any atom is -0.348 e. The minimum absolute atomic E-state index is 0.783. The van der Waals surface area contributed by atoms with Gasteiger partial charge in [0.15, 0.2) is 5.13 Å². The molecule has 1 saturated carbocycles. The van der Waals surface area contributed by atoms with E-state index in [4.69, 9.17) is 4.98 Å². The third-order valence-corrected chi connectivity index (χ3v) is 5.69. The maximum Gasteiger partial charge on any atom is 0.185 e. The first-order chi connectivity index (χ1) is 9.26. The summed E-state index contributed by atoms with van der Waals surface area (Å²) in [5.74, 6) is 0.938. The molecule has 2 fully saturated rings. The van der Waals surface area contributed by atoms with E-state index in [0.29, 0.717) is 0 Å². The predicted octanol–water partition coefficient (Wildman–Crippen LogP) is 3.33. The highest BCUT2D eigenvalue weighted by Crippen LogP contribution is 2.31. The van der Waals surface area contributed by atoms with Crippen LogP contribution in [0.5, 0.6) is 0 Å². The summed E-state index contributed by atoms with van der Waals surface area (Å²) < 4.78 is 0. The van der Waals surface area contributed by atoms with Crippen molar-refractivity contribution in [1.82, 2.24) is 10.3 Å². The molecule has 1 aliphatic carbocycles. The summed E-state index contributed by atoms with van der Waals surface area (Å²) in [6.07, 6.45) is 6.72. The van der Waals surface area contributed by atoms with Crippen LogP contribution in [0.2, 0.25) is 0 Å². The van der Waals surface area contributed by atoms with Crippen molar-refractivity contribution in [3.8, 4) is 0 Å². The molecule has 0 spiro atoms. The molecule has 2 heterocycles. The van der Waals surface area contributed by atoms with Gasteiger partial charge in [-0.3, -0.25) is 0 Å². The minimum atomic E-state index is 0.783. The van der Waals surface area contributed by atoms with Gasteiger partial charge in [-0.25, -0.2) is 4.98 Å². The Bertz CT molecular complexity index is 417. The van der Waals surface area contributed by atoms with Crippen LogP contribution in [-0.4, -0.2) is 24.1 Å². The lowest BCUT2D eigenvalue weighted by Crippen LogP contribution is -2.33. The molecule has 3 rings (SSSR count). The molecule has 0 unspecified atom stereocenters. The van der Waals surface area contributed by atoms with Crippen molar-refractivity contribution in [3.63, 3.8) is 0 Å². The van der Waals surface area contributed by atoms with Gasteiger partial charge in [-0.2, -0.15) is 0 Å². The van der Waals surface area contributed by atoms with Gasteiger partial charge in [0.1, 0.15) is 0 Å². The lowest BCUT2D eigenvalue weighted by molar-refractivity contribution is 0.395. The Morgan fingerprint density at radius 1 is 1.26 bits per heavy atom. The van der Waals surface area contributed by atoms with Gasteiger partial charge in [-0.1, -0.05) is 13.3 Å². The van der Waals surface area contributed by atoms with Crippen molar-refractivity contribution in [2.75, 3.05) is 18.0 Å². The molecule has 0 aromatic carbocycles. The fourth-order valence-electron chi connectivity index (χ4n) is 2.77. The quantitative estimate of drug-likeness (QED) is 0.896. The van der Waals surface area contributed by atoms with Gasteiger partial charge in [0.05, 0.1) is 5.69 Å². The predicted molar refractivity (Wildman–Crippen MR) is 81.9 cm³/mol. The molecule has 19 heavy (non-hydrogen) atoms. The van der Waals surface area contributed by atoms with Crippen molar-refractivity contribution < 1.29 is 0 Å². The summed E-state index contributed by atoms with van der Waals surface area (Å²) in [4.78, 5) is 8.71. The highest BCUT2D eigenvalue weighted by atomic mass is 32.1. The Hall–Kier alpha value is -0.610. The monoisotopic (exact) mass is 279 g/mol. The molecule has 1 N–H and O–H groups in total. The Balaban J connectivity index is 1.59. The van der Waals surface area contributed by atoms with Gasteiger partial charge in [0.2, 0.25) is 0 Å². The summed E-state index contributed by atoms with van der Waals surface area (Å²) in [7, 11) is 0. The molecular weight excluding hydrogens is 254 g/mol. The summed E-state index contributed by atoms with van der Waals surface area (Å²) in [5, 5.41) is 4.85. The molecule has 2 aliphatic rings. The second-order valence-electron chi connectivity index (χ2n) is 6.00. The SMILES string of the molecule is CCC1CCN(c2nc(C)c(CNC3CC3)s2)CC1. The van der Waals surface area contributed by atoms with E-state index in [9.17, 15) is 0 Å². The van der Waals surface area contributed by atoms with Gasteiger partial charge in [-0.15, -0.1) is 11.3 Å². The van der Waals surface area contributed by atoms with Crippen LogP contribution in [0.25, 0.3) is 0 Å². The van der Waals surface area contributed by atoms with Crippen molar-refractivity contribution in [1.29, 1.82) is 0 Å². The molecule has 0 atom stereocenters. The molecule has 0 radical (unpaired) electrons. The highest BCUT2D eigenvalue weighted by Gasteiger charge is 2.23. The molecule has 1 aromatic heterocycles. The van der Waals surface area contributed by atoms with E-state index in [-0.39, 0.29) is 0 Å². The van der Waals surface area contributed by atoms with E-state index in [2.05, 4.69) is 24.1 Å². The van der Waals surface area contributed by atoms with Gasteiger partial charge in [-0.05, 0) is 38.5 Å². The van der Waals surface area contributed by atoms with Crippen molar-refractivity contribution in [3.05, 3.63) is 10.6 Å². The van der Waals surface area contributed by atoms with E-state index in [1.807, 2.05) is 11.3 Å². The van der Waals surface area contributed by atoms with Crippen molar-refractivity contribution in [2.24, 2.45) is 5.92 Å². The number of aryl methyl sites for hydroxylation is 1. The smallest absolute Gasteiger partial charge is 0.185 e. The molecule has 3 nitrogen and oxygen atoms in total. The standard InChI is InChI=1S/C15H25N3S/c1-3-12-6-8-18(9-7-12)15-17-11(2)14(19-15)10-16-13-4-5-13/h12-13,16H,3-10H2,1-2H3. The summed E-state index contributed by atoms with van der Waals surface area (Å²) in [6.45, 7) is 7.87. The summed E-state index contributed by atoms with van der Waals surface area (Å²) in [5.41, 5.74) is 1.23. The van der Waals surface area contributed by atoms with E-state index in [1.165, 1.54) is 60.9 Å². The number of hydrogen-bond donors (Lipinski definition) is 1. The first-order valence-electron chi connectivity index (χ1n) is 7.71. The first-order valence-corrected chi connectivity index (χ1v) is 8.52. The van der Waals surface area contributed by atoms with Crippen LogP contribution in [-0.2, 0) is 6.54 Å². The van der Waals surface area contributed by atoms with Crippen molar-refractivity contribution in [2.45, 2.75) is 58.5 Å². The van der Waals surface area contributed by atoms with Gasteiger partial charge < -0.3 is 10.2 Å². The number of piperidine rings is 1. The van der Waals surface area contributed by atoms with Crippen LogP contribution in [0.15, 0.2) is 0 Å². The van der Waals surface area contributed by atoms with Crippen LogP contribution in [0.1, 0.15) is 49.6 Å². The maximum absolute atomic E-state index is 4.79. The fourth-order valence-corrected chi connectivity index (χ4v) is 3.83. The zero-order chi connectivity index (χ0) is 13.2. The van der Waals surface area contributed by atoms with Gasteiger partial charge in [0.25, 0.3) is 0 Å². The topological polar surface area (TPSA) is 28.2 Å². The lowest BCUT2D eigenvalue weighted by atomic mass is 9.95. The zero-order valence-electron chi connectivity index (χ0n) is 12.1. The molecule has 106 valence electrons. The Labute approximate surface area is 120 Å². The molecule has 4 heteroatoms. The largest absolute Gasteiger partial charge is 0.348 e. The number of nitrogens with one attached hydrogen (secondary N) is 1. The van der Waals surface area contributed by atoms with Crippen LogP contribution in [0.3, 0.4) is 0 Å². The second kappa shape index (κ2) is 5.80. The van der Waals surface area contributed by atoms with Crippen LogP contribution >= 0.6 is 11.3 Å². The lowest BCUT2D eigenvalue weighted by Gasteiger charge is -2.31. The average Bonchev–Trinajstić information content (AvgIpc) is 3.20. The van der Waals surface area contributed by atoms with Crippen LogP contribution < -0.4 is 10.2 Å². The maximum atomic E-state index is 4.79. The fraction of sp³-hybridized carbons (Fsp3) is 0.800. The third-order valence-electron chi connectivity index (χ3n) is 4.47. The number of hydrogen-bond acceptors (Lipinski definition) is 4. The molecule has 1 aromatic rings. The number of rotatable bonds is 5. The molecule has 0 amide bonds. The van der Waals surface area contributed by atoms with E-state index in [1.54, 1.807) is 0 Å². The molecular formula is C15H25N3S. The second-order valence-corrected chi connectivity index (χ2v) is 7.06.